The van der Waals surface area contributed by atoms with Gasteiger partial charge in [-0.05, 0) is 6.07 Å². The molecule has 0 spiro atoms. The lowest BCUT2D eigenvalue weighted by Crippen LogP contribution is -2.31. The number of anilines is 1. The van der Waals surface area contributed by atoms with Crippen LogP contribution in [0, 0.1) is 10.1 Å². The Morgan fingerprint density at radius 2 is 2.12 bits per heavy atom. The second-order valence-corrected chi connectivity index (χ2v) is 5.78. The molecule has 1 aromatic rings. The topological polar surface area (TPSA) is 122 Å². The van der Waals surface area contributed by atoms with E-state index in [-0.39, 0.29) is 52.4 Å². The number of halogens is 2. The Hall–Kier alpha value is -2.36. The van der Waals surface area contributed by atoms with Crippen LogP contribution in [0.4, 0.5) is 11.4 Å². The highest BCUT2D eigenvalue weighted by Crippen LogP contribution is 2.35. The molecule has 0 aromatic heterocycles. The molecule has 2 rings (SSSR count). The lowest BCUT2D eigenvalue weighted by Gasteiger charge is -2.15. The minimum Gasteiger partial charge on any atom is -0.466 e. The van der Waals surface area contributed by atoms with Crippen molar-refractivity contribution in [3.63, 3.8) is 0 Å². The molecular formula is C14H13Cl2N3O6. The summed E-state index contributed by atoms with van der Waals surface area (Å²) in [6, 6.07) is 2.22. The number of carbonyl (C=O) groups is 2. The highest BCUT2D eigenvalue weighted by atomic mass is 35.5. The van der Waals surface area contributed by atoms with Gasteiger partial charge in [0.2, 0.25) is 0 Å². The molecule has 1 heterocycles. The van der Waals surface area contributed by atoms with Gasteiger partial charge in [0.15, 0.2) is 0 Å². The van der Waals surface area contributed by atoms with Gasteiger partial charge in [-0.25, -0.2) is 4.79 Å². The van der Waals surface area contributed by atoms with Crippen LogP contribution in [0.15, 0.2) is 23.4 Å². The van der Waals surface area contributed by atoms with Crippen LogP contribution in [0.1, 0.15) is 0 Å². The summed E-state index contributed by atoms with van der Waals surface area (Å²) in [6.07, 6.45) is 0. The first kappa shape index (κ1) is 19.0. The second-order valence-electron chi connectivity index (χ2n) is 4.96. The van der Waals surface area contributed by atoms with E-state index in [1.807, 2.05) is 0 Å². The zero-order chi connectivity index (χ0) is 18.7. The Bertz CT molecular complexity index is 780. The summed E-state index contributed by atoms with van der Waals surface area (Å²) in [5.41, 5.74) is -0.314. The molecule has 11 heteroatoms. The number of nitro groups is 1. The smallest absolute Gasteiger partial charge is 0.337 e. The first-order valence-electron chi connectivity index (χ1n) is 6.92. The summed E-state index contributed by atoms with van der Waals surface area (Å²) in [4.78, 5) is 35.7. The number of β-amino-alcohol motifs (C(OH)–C–C–N with tert-alkyl or cyclic N) is 1. The van der Waals surface area contributed by atoms with Crippen molar-refractivity contribution in [1.82, 2.24) is 4.90 Å². The number of benzene rings is 1. The number of aliphatic hydroxyl groups excluding tert-OH is 1. The highest BCUT2D eigenvalue weighted by Gasteiger charge is 2.35. The van der Waals surface area contributed by atoms with Crippen molar-refractivity contribution in [2.45, 2.75) is 0 Å². The number of nitro benzene ring substituents is 1. The lowest BCUT2D eigenvalue weighted by molar-refractivity contribution is -0.384. The molecule has 0 unspecified atom stereocenters. The first-order valence-corrected chi connectivity index (χ1v) is 7.67. The molecular weight excluding hydrogens is 377 g/mol. The molecule has 134 valence electrons. The van der Waals surface area contributed by atoms with Crippen LogP contribution in [0.3, 0.4) is 0 Å². The summed E-state index contributed by atoms with van der Waals surface area (Å²) >= 11 is 11.8. The predicted octanol–water partition coefficient (Wildman–Crippen LogP) is 1.58. The normalized spacial score (nSPS) is 14.1. The Balaban J connectivity index is 2.42. The van der Waals surface area contributed by atoms with E-state index in [0.717, 1.165) is 6.07 Å². The van der Waals surface area contributed by atoms with E-state index in [2.05, 4.69) is 10.1 Å². The third-order valence-corrected chi connectivity index (χ3v) is 4.06. The van der Waals surface area contributed by atoms with Gasteiger partial charge < -0.3 is 20.1 Å². The molecule has 1 amide bonds. The fraction of sp³-hybridized carbons (Fsp3) is 0.286. The van der Waals surface area contributed by atoms with Crippen LogP contribution in [-0.2, 0) is 14.3 Å². The molecule has 0 fully saturated rings. The average Bonchev–Trinajstić information content (AvgIpc) is 2.86. The molecule has 0 aliphatic carbocycles. The van der Waals surface area contributed by atoms with Gasteiger partial charge in [-0.2, -0.15) is 0 Å². The largest absolute Gasteiger partial charge is 0.466 e. The molecule has 0 radical (unpaired) electrons. The minimum absolute atomic E-state index is 0.0270. The number of hydrogen-bond acceptors (Lipinski definition) is 7. The molecule has 9 nitrogen and oxygen atoms in total. The molecule has 0 atom stereocenters. The number of esters is 1. The number of methoxy groups -OCH3 is 1. The van der Waals surface area contributed by atoms with Gasteiger partial charge in [-0.1, -0.05) is 23.2 Å². The summed E-state index contributed by atoms with van der Waals surface area (Å²) in [7, 11) is 1.17. The number of carbonyl (C=O) groups excluding carboxylic acids is 2. The minimum atomic E-state index is -0.722. The standard InChI is InChI=1S/C14H13Cl2N3O6/c1-25-14(22)7-6-18(2-3-20)13(21)12(7)17-10-4-9(16)11(19(23)24)5-8(10)15/h4-5,17,20H,2-3,6H2,1H3. The fourth-order valence-electron chi connectivity index (χ4n) is 2.26. The van der Waals surface area contributed by atoms with Gasteiger partial charge in [0, 0.05) is 12.6 Å². The Labute approximate surface area is 151 Å². The van der Waals surface area contributed by atoms with Crippen LogP contribution in [0.5, 0.6) is 0 Å². The molecule has 0 bridgehead atoms. The van der Waals surface area contributed by atoms with Crippen LogP contribution >= 0.6 is 23.2 Å². The van der Waals surface area contributed by atoms with Crippen LogP contribution in [0.2, 0.25) is 10.0 Å². The number of nitrogens with zero attached hydrogens (tertiary/aromatic N) is 2. The molecule has 0 saturated carbocycles. The zero-order valence-electron chi connectivity index (χ0n) is 12.9. The van der Waals surface area contributed by atoms with Gasteiger partial charge in [0.25, 0.3) is 11.6 Å². The third kappa shape index (κ3) is 3.84. The van der Waals surface area contributed by atoms with E-state index < -0.39 is 16.8 Å². The van der Waals surface area contributed by atoms with Crippen molar-refractivity contribution in [3.8, 4) is 0 Å². The molecule has 1 aliphatic heterocycles. The summed E-state index contributed by atoms with van der Waals surface area (Å²) in [5, 5.41) is 22.3. The van der Waals surface area contributed by atoms with Crippen molar-refractivity contribution in [2.75, 3.05) is 32.1 Å². The quantitative estimate of drug-likeness (QED) is 0.430. The second kappa shape index (κ2) is 7.68. The number of hydrogen-bond donors (Lipinski definition) is 2. The van der Waals surface area contributed by atoms with Crippen LogP contribution in [-0.4, -0.2) is 53.6 Å². The highest BCUT2D eigenvalue weighted by molar-refractivity contribution is 6.37. The maximum atomic E-state index is 12.4. The van der Waals surface area contributed by atoms with Gasteiger partial charge in [-0.15, -0.1) is 0 Å². The Morgan fingerprint density at radius 3 is 2.68 bits per heavy atom. The molecule has 1 aliphatic rings. The van der Waals surface area contributed by atoms with Crippen molar-refractivity contribution in [2.24, 2.45) is 0 Å². The van der Waals surface area contributed by atoms with Crippen molar-refractivity contribution in [1.29, 1.82) is 0 Å². The number of nitrogens with one attached hydrogen (secondary N) is 1. The zero-order valence-corrected chi connectivity index (χ0v) is 14.4. The maximum Gasteiger partial charge on any atom is 0.337 e. The van der Waals surface area contributed by atoms with Gasteiger partial charge in [0.1, 0.15) is 10.7 Å². The van der Waals surface area contributed by atoms with Gasteiger partial charge in [0.05, 0.1) is 41.5 Å². The van der Waals surface area contributed by atoms with Gasteiger partial charge in [-0.3, -0.25) is 14.9 Å². The first-order chi connectivity index (χ1) is 11.8. The molecule has 0 saturated heterocycles. The van der Waals surface area contributed by atoms with Crippen molar-refractivity contribution < 1.29 is 24.4 Å². The fourth-order valence-corrected chi connectivity index (χ4v) is 2.69. The van der Waals surface area contributed by atoms with E-state index >= 15 is 0 Å². The monoisotopic (exact) mass is 389 g/mol. The molecule has 1 aromatic carbocycles. The van der Waals surface area contributed by atoms with E-state index in [4.69, 9.17) is 28.3 Å². The van der Waals surface area contributed by atoms with Gasteiger partial charge >= 0.3 is 5.97 Å². The predicted molar refractivity (Wildman–Crippen MR) is 89.4 cm³/mol. The Morgan fingerprint density at radius 1 is 1.44 bits per heavy atom. The molecule has 2 N–H and O–H groups in total. The Kier molecular flexibility index (Phi) is 5.83. The molecule has 25 heavy (non-hydrogen) atoms. The van der Waals surface area contributed by atoms with Crippen LogP contribution < -0.4 is 5.32 Å². The van der Waals surface area contributed by atoms with E-state index in [0.29, 0.717) is 0 Å². The summed E-state index contributed by atoms with van der Waals surface area (Å²) in [5.74, 6) is -1.26. The number of amides is 1. The lowest BCUT2D eigenvalue weighted by atomic mass is 10.2. The third-order valence-electron chi connectivity index (χ3n) is 3.45. The van der Waals surface area contributed by atoms with E-state index in [1.165, 1.54) is 18.1 Å². The number of rotatable bonds is 6. The maximum absolute atomic E-state index is 12.4. The van der Waals surface area contributed by atoms with Crippen molar-refractivity contribution in [3.05, 3.63) is 43.6 Å². The van der Waals surface area contributed by atoms with E-state index in [9.17, 15) is 19.7 Å². The summed E-state index contributed by atoms with van der Waals surface area (Å²) in [6.45, 7) is -0.302. The number of aliphatic hydroxyl groups is 1. The van der Waals surface area contributed by atoms with Crippen LogP contribution in [0.25, 0.3) is 0 Å². The number of ether oxygens (including phenoxy) is 1. The SMILES string of the molecule is COC(=O)C1=C(Nc2cc(Cl)c([N+](=O)[O-])cc2Cl)C(=O)N(CCO)C1. The average molecular weight is 390 g/mol. The van der Waals surface area contributed by atoms with Crippen molar-refractivity contribution >= 4 is 46.5 Å². The van der Waals surface area contributed by atoms with E-state index in [1.54, 1.807) is 0 Å². The summed E-state index contributed by atoms with van der Waals surface area (Å²) < 4.78 is 4.65.